The van der Waals surface area contributed by atoms with E-state index in [0.717, 1.165) is 18.9 Å². The number of hydrogen-bond donors (Lipinski definition) is 1. The van der Waals surface area contributed by atoms with Gasteiger partial charge in [0.1, 0.15) is 0 Å². The molecule has 18 heavy (non-hydrogen) atoms. The third-order valence-corrected chi connectivity index (χ3v) is 4.98. The summed E-state index contributed by atoms with van der Waals surface area (Å²) >= 11 is 1.88. The Hall–Kier alpha value is -0.610. The summed E-state index contributed by atoms with van der Waals surface area (Å²) in [5.74, 6) is 0.757. The van der Waals surface area contributed by atoms with E-state index < -0.39 is 0 Å². The Labute approximate surface area is 115 Å². The maximum absolute atomic E-state index is 4.83. The Morgan fingerprint density at radius 2 is 2.28 bits per heavy atom. The molecule has 0 saturated carbocycles. The summed E-state index contributed by atoms with van der Waals surface area (Å²) in [5.41, 5.74) is 1.33. The number of aryl methyl sites for hydroxylation is 1. The number of aromatic nitrogens is 1. The van der Waals surface area contributed by atoms with E-state index >= 15 is 0 Å². The van der Waals surface area contributed by atoms with E-state index in [1.165, 1.54) is 35.0 Å². The minimum Gasteiger partial charge on any atom is -0.351 e. The zero-order valence-corrected chi connectivity index (χ0v) is 12.8. The van der Waals surface area contributed by atoms with Crippen molar-refractivity contribution in [1.29, 1.82) is 0 Å². The molecule has 102 valence electrons. The van der Waals surface area contributed by atoms with E-state index in [4.69, 9.17) is 4.98 Å². The molecular weight excluding hydrogens is 242 g/mol. The highest BCUT2D eigenvalue weighted by Crippen LogP contribution is 2.37. The van der Waals surface area contributed by atoms with E-state index in [9.17, 15) is 0 Å². The Morgan fingerprint density at radius 3 is 2.94 bits per heavy atom. The second-order valence-electron chi connectivity index (χ2n) is 5.64. The fraction of sp³-hybridized carbons (Fsp3) is 0.786. The fourth-order valence-electron chi connectivity index (χ4n) is 2.39. The minimum absolute atomic E-state index is 0.526. The molecule has 3 nitrogen and oxygen atoms in total. The largest absolute Gasteiger partial charge is 0.351 e. The third-order valence-electron chi connectivity index (χ3n) is 3.66. The van der Waals surface area contributed by atoms with Crippen LogP contribution in [0.25, 0.3) is 0 Å². The van der Waals surface area contributed by atoms with Crippen molar-refractivity contribution in [1.82, 2.24) is 10.3 Å². The van der Waals surface area contributed by atoms with Crippen molar-refractivity contribution in [2.24, 2.45) is 5.92 Å². The number of rotatable bonds is 5. The molecule has 1 aliphatic carbocycles. The molecule has 1 atom stereocenters. The highest BCUT2D eigenvalue weighted by molar-refractivity contribution is 7.15. The van der Waals surface area contributed by atoms with Crippen LogP contribution < -0.4 is 10.2 Å². The lowest BCUT2D eigenvalue weighted by atomic mass is 9.98. The average molecular weight is 267 g/mol. The van der Waals surface area contributed by atoms with Crippen LogP contribution in [-0.4, -0.2) is 25.6 Å². The third kappa shape index (κ3) is 3.04. The molecule has 0 spiro atoms. The number of nitrogens with one attached hydrogen (secondary N) is 1. The van der Waals surface area contributed by atoms with Crippen molar-refractivity contribution in [2.75, 3.05) is 25.5 Å². The van der Waals surface area contributed by atoms with E-state index in [0.29, 0.717) is 6.04 Å². The second-order valence-corrected chi connectivity index (χ2v) is 6.65. The molecule has 0 aromatic carbocycles. The lowest BCUT2D eigenvalue weighted by Gasteiger charge is -2.19. The lowest BCUT2D eigenvalue weighted by molar-refractivity contribution is 0.501. The molecule has 0 amide bonds. The molecule has 1 aliphatic rings. The highest BCUT2D eigenvalue weighted by atomic mass is 32.1. The summed E-state index contributed by atoms with van der Waals surface area (Å²) in [6, 6.07) is 0.526. The minimum atomic E-state index is 0.526. The topological polar surface area (TPSA) is 28.2 Å². The van der Waals surface area contributed by atoms with Crippen molar-refractivity contribution < 1.29 is 0 Å². The van der Waals surface area contributed by atoms with Crippen molar-refractivity contribution in [2.45, 2.75) is 45.6 Å². The molecule has 0 saturated heterocycles. The van der Waals surface area contributed by atoms with Crippen LogP contribution in [0, 0.1) is 5.92 Å². The molecule has 0 radical (unpaired) electrons. The number of nitrogens with zero attached hydrogens (tertiary/aromatic N) is 2. The first-order chi connectivity index (χ1) is 8.61. The molecule has 2 rings (SSSR count). The maximum atomic E-state index is 4.83. The van der Waals surface area contributed by atoms with Crippen molar-refractivity contribution in [3.63, 3.8) is 0 Å². The molecule has 1 aromatic heterocycles. The molecule has 1 unspecified atom stereocenters. The van der Waals surface area contributed by atoms with Crippen LogP contribution in [0.1, 0.15) is 49.7 Å². The van der Waals surface area contributed by atoms with Gasteiger partial charge in [-0.1, -0.05) is 25.2 Å². The standard InChI is InChI=1S/C14H25N3S/c1-10(2)8-9-17(4)14-16-12-7-5-6-11(15-3)13(12)18-14/h10-11,15H,5-9H2,1-4H3. The van der Waals surface area contributed by atoms with Crippen LogP contribution in [0.5, 0.6) is 0 Å². The Balaban J connectivity index is 2.08. The van der Waals surface area contributed by atoms with Gasteiger partial charge in [-0.3, -0.25) is 0 Å². The number of hydrogen-bond acceptors (Lipinski definition) is 4. The van der Waals surface area contributed by atoms with E-state index in [2.05, 4.69) is 38.2 Å². The average Bonchev–Trinajstić information content (AvgIpc) is 2.79. The zero-order valence-electron chi connectivity index (χ0n) is 12.0. The molecule has 4 heteroatoms. The first kappa shape index (κ1) is 13.8. The van der Waals surface area contributed by atoms with Crippen LogP contribution in [-0.2, 0) is 6.42 Å². The van der Waals surface area contributed by atoms with Crippen LogP contribution in [0.2, 0.25) is 0 Å². The zero-order chi connectivity index (χ0) is 13.1. The van der Waals surface area contributed by atoms with Gasteiger partial charge in [0.25, 0.3) is 0 Å². The summed E-state index contributed by atoms with van der Waals surface area (Å²) < 4.78 is 0. The first-order valence-corrected chi connectivity index (χ1v) is 7.81. The first-order valence-electron chi connectivity index (χ1n) is 6.99. The van der Waals surface area contributed by atoms with Gasteiger partial charge in [0.2, 0.25) is 0 Å². The highest BCUT2D eigenvalue weighted by Gasteiger charge is 2.24. The van der Waals surface area contributed by atoms with Gasteiger partial charge in [-0.25, -0.2) is 4.98 Å². The quantitative estimate of drug-likeness (QED) is 0.888. The summed E-state index contributed by atoms with van der Waals surface area (Å²) in [6.07, 6.45) is 4.90. The monoisotopic (exact) mass is 267 g/mol. The van der Waals surface area contributed by atoms with Crippen LogP contribution in [0.3, 0.4) is 0 Å². The molecule has 1 heterocycles. The van der Waals surface area contributed by atoms with E-state index in [-0.39, 0.29) is 0 Å². The van der Waals surface area contributed by atoms with Gasteiger partial charge in [0, 0.05) is 24.5 Å². The second kappa shape index (κ2) is 6.02. The van der Waals surface area contributed by atoms with Gasteiger partial charge in [-0.2, -0.15) is 0 Å². The lowest BCUT2D eigenvalue weighted by Crippen LogP contribution is -2.20. The Kier molecular flexibility index (Phi) is 4.62. The summed E-state index contributed by atoms with van der Waals surface area (Å²) in [4.78, 5) is 8.61. The molecule has 1 N–H and O–H groups in total. The normalized spacial score (nSPS) is 19.1. The molecule has 0 bridgehead atoms. The fourth-order valence-corrected chi connectivity index (χ4v) is 3.64. The van der Waals surface area contributed by atoms with Crippen molar-refractivity contribution >= 4 is 16.5 Å². The summed E-state index contributed by atoms with van der Waals surface area (Å²) in [6.45, 7) is 5.66. The predicted octanol–water partition coefficient (Wildman–Crippen LogP) is 3.22. The molecule has 1 aromatic rings. The van der Waals surface area contributed by atoms with Crippen LogP contribution in [0.4, 0.5) is 5.13 Å². The van der Waals surface area contributed by atoms with Gasteiger partial charge in [-0.05, 0) is 38.6 Å². The van der Waals surface area contributed by atoms with Crippen molar-refractivity contribution in [3.05, 3.63) is 10.6 Å². The van der Waals surface area contributed by atoms with Crippen molar-refractivity contribution in [3.8, 4) is 0 Å². The number of anilines is 1. The van der Waals surface area contributed by atoms with Gasteiger partial charge in [0.05, 0.1) is 5.69 Å². The Morgan fingerprint density at radius 1 is 1.50 bits per heavy atom. The SMILES string of the molecule is CNC1CCCc2nc(N(C)CCC(C)C)sc21. The molecule has 0 fully saturated rings. The van der Waals surface area contributed by atoms with Gasteiger partial charge in [-0.15, -0.1) is 0 Å². The maximum Gasteiger partial charge on any atom is 0.185 e. The molecular formula is C14H25N3S. The number of thiazole rings is 1. The van der Waals surface area contributed by atoms with Gasteiger partial charge >= 0.3 is 0 Å². The Bertz CT molecular complexity index is 386. The van der Waals surface area contributed by atoms with E-state index in [1.807, 2.05) is 11.3 Å². The predicted molar refractivity (Wildman–Crippen MR) is 79.6 cm³/mol. The van der Waals surface area contributed by atoms with Crippen LogP contribution in [0.15, 0.2) is 0 Å². The smallest absolute Gasteiger partial charge is 0.185 e. The van der Waals surface area contributed by atoms with Crippen LogP contribution >= 0.6 is 11.3 Å². The van der Waals surface area contributed by atoms with E-state index in [1.54, 1.807) is 0 Å². The van der Waals surface area contributed by atoms with Gasteiger partial charge in [0.15, 0.2) is 5.13 Å². The molecule has 0 aliphatic heterocycles. The summed E-state index contributed by atoms with van der Waals surface area (Å²) in [7, 11) is 4.22. The summed E-state index contributed by atoms with van der Waals surface area (Å²) in [5, 5.41) is 4.61. The van der Waals surface area contributed by atoms with Gasteiger partial charge < -0.3 is 10.2 Å². The number of fused-ring (bicyclic) bond motifs is 1.